The third kappa shape index (κ3) is 4.31. The van der Waals surface area contributed by atoms with Crippen molar-refractivity contribution in [3.8, 4) is 0 Å². The molecule has 0 aliphatic heterocycles. The molecular formula is C14H12N10O4. The van der Waals surface area contributed by atoms with Gasteiger partial charge in [0.1, 0.15) is 0 Å². The normalized spacial score (nSPS) is 11.1. The van der Waals surface area contributed by atoms with Crippen molar-refractivity contribution in [3.63, 3.8) is 0 Å². The summed E-state index contributed by atoms with van der Waals surface area (Å²) in [5.74, 6) is -1.58. The van der Waals surface area contributed by atoms with Crippen LogP contribution in [0.15, 0.2) is 43.7 Å². The summed E-state index contributed by atoms with van der Waals surface area (Å²) in [6, 6.07) is 6.85. The van der Waals surface area contributed by atoms with Gasteiger partial charge in [0.25, 0.3) is 11.8 Å². The van der Waals surface area contributed by atoms with Gasteiger partial charge in [0, 0.05) is 0 Å². The Hall–Kier alpha value is -4.62. The van der Waals surface area contributed by atoms with Crippen molar-refractivity contribution in [3.05, 3.63) is 46.8 Å². The Morgan fingerprint density at radius 3 is 1.50 bits per heavy atom. The highest BCUT2D eigenvalue weighted by Gasteiger charge is 2.15. The van der Waals surface area contributed by atoms with Gasteiger partial charge in [-0.1, -0.05) is 24.3 Å². The molecule has 0 aliphatic rings. The number of benzene rings is 1. The van der Waals surface area contributed by atoms with Gasteiger partial charge < -0.3 is 11.5 Å². The zero-order valence-corrected chi connectivity index (χ0v) is 13.9. The average molecular weight is 384 g/mol. The number of hydrogen-bond donors (Lipinski definition) is 4. The maximum atomic E-state index is 11.7. The lowest BCUT2D eigenvalue weighted by Gasteiger charge is -1.98. The SMILES string of the molecule is Nc1nonc1C(=O)N/N=C\c1ccc(/C=N\NC(=O)c2nonc2N)cc1. The van der Waals surface area contributed by atoms with Gasteiger partial charge in [-0.25, -0.2) is 20.1 Å². The fraction of sp³-hybridized carbons (Fsp3) is 0. The topological polar surface area (TPSA) is 213 Å². The van der Waals surface area contributed by atoms with Crippen LogP contribution >= 0.6 is 0 Å². The van der Waals surface area contributed by atoms with E-state index in [1.54, 1.807) is 24.3 Å². The van der Waals surface area contributed by atoms with Gasteiger partial charge in [-0.2, -0.15) is 10.2 Å². The molecule has 2 amide bonds. The monoisotopic (exact) mass is 384 g/mol. The van der Waals surface area contributed by atoms with Crippen LogP contribution in [0.3, 0.4) is 0 Å². The number of nitrogens with two attached hydrogens (primary N) is 2. The maximum absolute atomic E-state index is 11.7. The Balaban J connectivity index is 1.52. The van der Waals surface area contributed by atoms with Crippen LogP contribution in [-0.2, 0) is 0 Å². The van der Waals surface area contributed by atoms with Crippen LogP contribution < -0.4 is 22.3 Å². The van der Waals surface area contributed by atoms with Gasteiger partial charge in [0.05, 0.1) is 12.4 Å². The summed E-state index contributed by atoms with van der Waals surface area (Å²) in [5, 5.41) is 20.8. The Morgan fingerprint density at radius 2 is 1.18 bits per heavy atom. The second kappa shape index (κ2) is 8.17. The fourth-order valence-corrected chi connectivity index (χ4v) is 1.81. The Bertz CT molecular complexity index is 953. The molecule has 0 atom stereocenters. The number of nitrogen functional groups attached to an aromatic ring is 2. The van der Waals surface area contributed by atoms with E-state index in [0.29, 0.717) is 11.1 Å². The van der Waals surface area contributed by atoms with Crippen LogP contribution in [0.25, 0.3) is 0 Å². The molecule has 2 heterocycles. The predicted octanol–water partition coefficient (Wildman–Crippen LogP) is -0.855. The van der Waals surface area contributed by atoms with Crippen LogP contribution in [0.1, 0.15) is 32.1 Å². The highest BCUT2D eigenvalue weighted by atomic mass is 16.6. The highest BCUT2D eigenvalue weighted by molar-refractivity contribution is 5.97. The maximum Gasteiger partial charge on any atom is 0.297 e. The van der Waals surface area contributed by atoms with Gasteiger partial charge >= 0.3 is 0 Å². The van der Waals surface area contributed by atoms with E-state index < -0.39 is 11.8 Å². The molecule has 0 spiro atoms. The third-order valence-corrected chi connectivity index (χ3v) is 3.15. The summed E-state index contributed by atoms with van der Waals surface area (Å²) in [5.41, 5.74) is 16.3. The van der Waals surface area contributed by atoms with Crippen molar-refractivity contribution in [2.24, 2.45) is 10.2 Å². The third-order valence-electron chi connectivity index (χ3n) is 3.15. The first-order valence-electron chi connectivity index (χ1n) is 7.47. The Labute approximate surface area is 155 Å². The molecule has 0 aliphatic carbocycles. The van der Waals surface area contributed by atoms with E-state index >= 15 is 0 Å². The largest absolute Gasteiger partial charge is 0.379 e. The van der Waals surface area contributed by atoms with Gasteiger partial charge in [-0.15, -0.1) is 0 Å². The minimum atomic E-state index is -0.655. The molecule has 28 heavy (non-hydrogen) atoms. The quantitative estimate of drug-likeness (QED) is 0.305. The molecule has 0 saturated heterocycles. The molecule has 1 aromatic carbocycles. The number of hydrazone groups is 2. The molecule has 14 heteroatoms. The van der Waals surface area contributed by atoms with E-state index in [1.165, 1.54) is 12.4 Å². The molecule has 2 aromatic heterocycles. The summed E-state index contributed by atoms with van der Waals surface area (Å²) >= 11 is 0. The van der Waals surface area contributed by atoms with Crippen LogP contribution in [0.4, 0.5) is 11.6 Å². The first-order valence-corrected chi connectivity index (χ1v) is 7.47. The molecule has 0 unspecified atom stereocenters. The van der Waals surface area contributed by atoms with E-state index in [4.69, 9.17) is 11.5 Å². The summed E-state index contributed by atoms with van der Waals surface area (Å²) in [4.78, 5) is 23.4. The molecule has 14 nitrogen and oxygen atoms in total. The summed E-state index contributed by atoms with van der Waals surface area (Å²) in [7, 11) is 0. The van der Waals surface area contributed by atoms with Crippen molar-refractivity contribution < 1.29 is 18.8 Å². The van der Waals surface area contributed by atoms with Gasteiger partial charge in [-0.05, 0) is 31.8 Å². The number of nitrogens with zero attached hydrogens (tertiary/aromatic N) is 6. The van der Waals surface area contributed by atoms with Crippen LogP contribution in [0, 0.1) is 0 Å². The lowest BCUT2D eigenvalue weighted by molar-refractivity contribution is 0.0937. The number of carbonyl (C=O) groups excluding carboxylic acids is 2. The molecular weight excluding hydrogens is 372 g/mol. The second-order valence-electron chi connectivity index (χ2n) is 5.06. The zero-order chi connectivity index (χ0) is 19.9. The molecule has 0 fully saturated rings. The van der Waals surface area contributed by atoms with Crippen molar-refractivity contribution in [2.75, 3.05) is 11.5 Å². The van der Waals surface area contributed by atoms with E-state index in [9.17, 15) is 9.59 Å². The zero-order valence-electron chi connectivity index (χ0n) is 13.9. The summed E-state index contributed by atoms with van der Waals surface area (Å²) < 4.78 is 8.65. The van der Waals surface area contributed by atoms with Gasteiger partial charge in [0.15, 0.2) is 0 Å². The van der Waals surface area contributed by atoms with Crippen molar-refractivity contribution in [2.45, 2.75) is 0 Å². The number of aromatic nitrogens is 4. The number of hydrogen-bond acceptors (Lipinski definition) is 12. The predicted molar refractivity (Wildman–Crippen MR) is 94.0 cm³/mol. The molecule has 142 valence electrons. The first-order chi connectivity index (χ1) is 13.5. The number of anilines is 2. The minimum Gasteiger partial charge on any atom is -0.379 e. The molecule has 3 rings (SSSR count). The smallest absolute Gasteiger partial charge is 0.297 e. The van der Waals surface area contributed by atoms with Crippen molar-refractivity contribution in [1.82, 2.24) is 31.5 Å². The number of rotatable bonds is 6. The first kappa shape index (κ1) is 18.2. The van der Waals surface area contributed by atoms with E-state index in [-0.39, 0.29) is 23.0 Å². The average Bonchev–Trinajstić information content (AvgIpc) is 3.31. The fourth-order valence-electron chi connectivity index (χ4n) is 1.81. The summed E-state index contributed by atoms with van der Waals surface area (Å²) in [6.07, 6.45) is 2.81. The second-order valence-corrected chi connectivity index (χ2v) is 5.06. The van der Waals surface area contributed by atoms with Crippen LogP contribution in [0.5, 0.6) is 0 Å². The van der Waals surface area contributed by atoms with Crippen molar-refractivity contribution >= 4 is 35.9 Å². The minimum absolute atomic E-state index is 0.133. The number of nitrogens with one attached hydrogen (secondary N) is 2. The highest BCUT2D eigenvalue weighted by Crippen LogP contribution is 2.04. The standard InChI is InChI=1S/C14H12N10O4/c15-11-9(21-27-23-11)13(25)19-17-5-7-1-2-8(4-3-7)6-18-20-14(26)10-12(16)24-28-22-10/h1-6H,(H2,15,23)(H2,16,24)(H,19,25)(H,20,26)/b17-5-,18-6-. The number of carbonyl (C=O) groups is 2. The van der Waals surface area contributed by atoms with E-state index in [1.807, 2.05) is 0 Å². The van der Waals surface area contributed by atoms with Crippen molar-refractivity contribution in [1.29, 1.82) is 0 Å². The lowest BCUT2D eigenvalue weighted by atomic mass is 10.2. The van der Waals surface area contributed by atoms with Gasteiger partial charge in [0.2, 0.25) is 23.0 Å². The molecule has 0 saturated carbocycles. The van der Waals surface area contributed by atoms with E-state index in [0.717, 1.165) is 0 Å². The molecule has 0 radical (unpaired) electrons. The summed E-state index contributed by atoms with van der Waals surface area (Å²) in [6.45, 7) is 0. The van der Waals surface area contributed by atoms with Gasteiger partial charge in [-0.3, -0.25) is 9.59 Å². The lowest BCUT2D eigenvalue weighted by Crippen LogP contribution is -2.19. The van der Waals surface area contributed by atoms with E-state index in [2.05, 4.69) is 50.9 Å². The van der Waals surface area contributed by atoms with Crippen LogP contribution in [-0.4, -0.2) is 44.9 Å². The molecule has 6 N–H and O–H groups in total. The van der Waals surface area contributed by atoms with Crippen LogP contribution in [0.2, 0.25) is 0 Å². The Morgan fingerprint density at radius 1 is 0.786 bits per heavy atom. The number of amides is 2. The molecule has 0 bridgehead atoms. The Kier molecular flexibility index (Phi) is 5.31. The molecule has 3 aromatic rings.